The lowest BCUT2D eigenvalue weighted by Gasteiger charge is -2.26. The number of thiophene rings is 1. The topological polar surface area (TPSA) is 101 Å². The number of ether oxygens (including phenoxy) is 3. The second kappa shape index (κ2) is 11.7. The Balaban J connectivity index is 1.39. The molecule has 34 heavy (non-hydrogen) atoms. The molecule has 0 spiro atoms. The van der Waals surface area contributed by atoms with E-state index < -0.39 is 0 Å². The smallest absolute Gasteiger partial charge is 0.259 e. The lowest BCUT2D eigenvalue weighted by Crippen LogP contribution is -2.41. The Bertz CT molecular complexity index is 1020. The summed E-state index contributed by atoms with van der Waals surface area (Å²) >= 11 is 1.50. The Hall–Kier alpha value is -2.66. The average Bonchev–Trinajstić information content (AvgIpc) is 3.43. The average molecular weight is 489 g/mol. The SMILES string of the molecule is COc1ccc(NC(=O)c2c(NC(=O)CNCCN3CCOCC3)sc3c2CCC3)c(OC)c1. The van der Waals surface area contributed by atoms with Gasteiger partial charge in [0.2, 0.25) is 5.91 Å². The van der Waals surface area contributed by atoms with Gasteiger partial charge < -0.3 is 30.2 Å². The lowest BCUT2D eigenvalue weighted by atomic mass is 10.1. The van der Waals surface area contributed by atoms with Gasteiger partial charge in [-0.15, -0.1) is 11.3 Å². The van der Waals surface area contributed by atoms with E-state index in [0.29, 0.717) is 27.8 Å². The van der Waals surface area contributed by atoms with Gasteiger partial charge in [-0.1, -0.05) is 0 Å². The van der Waals surface area contributed by atoms with Crippen molar-refractivity contribution in [2.45, 2.75) is 19.3 Å². The van der Waals surface area contributed by atoms with E-state index in [9.17, 15) is 9.59 Å². The first-order valence-corrected chi connectivity index (χ1v) is 12.4. The van der Waals surface area contributed by atoms with Gasteiger partial charge in [-0.3, -0.25) is 14.5 Å². The first-order valence-electron chi connectivity index (χ1n) is 11.6. The number of morpholine rings is 1. The van der Waals surface area contributed by atoms with Crippen molar-refractivity contribution >= 4 is 33.8 Å². The lowest BCUT2D eigenvalue weighted by molar-refractivity contribution is -0.115. The first-order chi connectivity index (χ1) is 16.6. The number of benzene rings is 1. The van der Waals surface area contributed by atoms with E-state index in [2.05, 4.69) is 20.9 Å². The number of hydrogen-bond donors (Lipinski definition) is 3. The molecule has 1 saturated heterocycles. The molecule has 3 N–H and O–H groups in total. The molecular formula is C24H32N4O5S. The zero-order chi connectivity index (χ0) is 23.9. The third-order valence-corrected chi connectivity index (χ3v) is 7.26. The second-order valence-electron chi connectivity index (χ2n) is 8.26. The molecule has 1 aromatic carbocycles. The predicted molar refractivity (Wildman–Crippen MR) is 133 cm³/mol. The van der Waals surface area contributed by atoms with Gasteiger partial charge in [-0.05, 0) is 37.0 Å². The Labute approximate surface area is 203 Å². The molecule has 0 saturated carbocycles. The van der Waals surface area contributed by atoms with Gasteiger partial charge in [0.05, 0.1) is 45.2 Å². The number of rotatable bonds is 10. The van der Waals surface area contributed by atoms with Crippen molar-refractivity contribution in [2.75, 3.05) is 70.8 Å². The van der Waals surface area contributed by atoms with Crippen LogP contribution < -0.4 is 25.4 Å². The monoisotopic (exact) mass is 488 g/mol. The number of nitrogens with one attached hydrogen (secondary N) is 3. The molecular weight excluding hydrogens is 456 g/mol. The number of carbonyl (C=O) groups is 2. The number of hydrogen-bond acceptors (Lipinski definition) is 8. The molecule has 0 bridgehead atoms. The minimum Gasteiger partial charge on any atom is -0.497 e. The minimum absolute atomic E-state index is 0.155. The zero-order valence-corrected chi connectivity index (χ0v) is 20.5. The van der Waals surface area contributed by atoms with Crippen LogP contribution in [0.5, 0.6) is 11.5 Å². The normalized spacial score (nSPS) is 15.6. The molecule has 184 valence electrons. The van der Waals surface area contributed by atoms with Gasteiger partial charge >= 0.3 is 0 Å². The number of fused-ring (bicyclic) bond motifs is 1. The quantitative estimate of drug-likeness (QED) is 0.442. The Morgan fingerprint density at radius 2 is 1.94 bits per heavy atom. The summed E-state index contributed by atoms with van der Waals surface area (Å²) in [6.07, 6.45) is 2.78. The van der Waals surface area contributed by atoms with Crippen LogP contribution in [0.2, 0.25) is 0 Å². The summed E-state index contributed by atoms with van der Waals surface area (Å²) in [5.74, 6) is 0.742. The first kappa shape index (κ1) is 24.5. The Morgan fingerprint density at radius 3 is 2.71 bits per heavy atom. The van der Waals surface area contributed by atoms with Crippen LogP contribution in [0.3, 0.4) is 0 Å². The fourth-order valence-electron chi connectivity index (χ4n) is 4.25. The molecule has 2 heterocycles. The van der Waals surface area contributed by atoms with Crippen molar-refractivity contribution in [1.82, 2.24) is 10.2 Å². The molecule has 0 radical (unpaired) electrons. The van der Waals surface area contributed by atoms with Crippen LogP contribution in [0.1, 0.15) is 27.2 Å². The molecule has 1 aromatic heterocycles. The van der Waals surface area contributed by atoms with Crippen molar-refractivity contribution < 1.29 is 23.8 Å². The van der Waals surface area contributed by atoms with Gasteiger partial charge in [-0.2, -0.15) is 0 Å². The fourth-order valence-corrected chi connectivity index (χ4v) is 5.56. The summed E-state index contributed by atoms with van der Waals surface area (Å²) in [7, 11) is 3.12. The number of carbonyl (C=O) groups excluding carboxylic acids is 2. The molecule has 4 rings (SSSR count). The highest BCUT2D eigenvalue weighted by Crippen LogP contribution is 2.40. The minimum atomic E-state index is -0.251. The highest BCUT2D eigenvalue weighted by Gasteiger charge is 2.28. The summed E-state index contributed by atoms with van der Waals surface area (Å²) in [5.41, 5.74) is 2.14. The van der Waals surface area contributed by atoms with E-state index in [1.54, 1.807) is 32.4 Å². The molecule has 9 nitrogen and oxygen atoms in total. The van der Waals surface area contributed by atoms with Crippen molar-refractivity contribution in [2.24, 2.45) is 0 Å². The molecule has 2 amide bonds. The molecule has 1 fully saturated rings. The van der Waals surface area contributed by atoms with Gasteiger partial charge in [0.15, 0.2) is 0 Å². The standard InChI is InChI=1S/C24H32N4O5S/c1-31-16-6-7-18(19(14-16)32-2)26-23(30)22-17-4-3-5-20(17)34-24(22)27-21(29)15-25-8-9-28-10-12-33-13-11-28/h6-7,14,25H,3-5,8-13,15H2,1-2H3,(H,26,30)(H,27,29). The van der Waals surface area contributed by atoms with Crippen LogP contribution >= 0.6 is 11.3 Å². The van der Waals surface area contributed by atoms with Gasteiger partial charge in [0, 0.05) is 37.1 Å². The van der Waals surface area contributed by atoms with E-state index in [1.165, 1.54) is 16.2 Å². The molecule has 1 aliphatic heterocycles. The Morgan fingerprint density at radius 1 is 1.12 bits per heavy atom. The van der Waals surface area contributed by atoms with Crippen molar-refractivity contribution in [3.05, 3.63) is 34.2 Å². The number of anilines is 2. The molecule has 0 unspecified atom stereocenters. The molecule has 0 atom stereocenters. The fraction of sp³-hybridized carbons (Fsp3) is 0.500. The predicted octanol–water partition coefficient (Wildman–Crippen LogP) is 2.37. The van der Waals surface area contributed by atoms with Crippen LogP contribution in [0.4, 0.5) is 10.7 Å². The molecule has 2 aliphatic rings. The summed E-state index contributed by atoms with van der Waals surface area (Å²) in [6.45, 7) is 5.16. The van der Waals surface area contributed by atoms with Crippen LogP contribution in [0, 0.1) is 0 Å². The van der Waals surface area contributed by atoms with Crippen LogP contribution in [0.15, 0.2) is 18.2 Å². The maximum absolute atomic E-state index is 13.3. The van der Waals surface area contributed by atoms with Gasteiger partial charge in [0.25, 0.3) is 5.91 Å². The van der Waals surface area contributed by atoms with Crippen molar-refractivity contribution in [3.63, 3.8) is 0 Å². The van der Waals surface area contributed by atoms with E-state index in [4.69, 9.17) is 14.2 Å². The summed E-state index contributed by atoms with van der Waals surface area (Å²) in [6, 6.07) is 5.24. The van der Waals surface area contributed by atoms with Crippen molar-refractivity contribution in [3.8, 4) is 11.5 Å². The highest BCUT2D eigenvalue weighted by molar-refractivity contribution is 7.17. The third-order valence-electron chi connectivity index (χ3n) is 6.05. The second-order valence-corrected chi connectivity index (χ2v) is 9.37. The summed E-state index contributed by atoms with van der Waals surface area (Å²) in [5, 5.41) is 9.72. The molecule has 1 aliphatic carbocycles. The zero-order valence-electron chi connectivity index (χ0n) is 19.7. The van der Waals surface area contributed by atoms with Crippen LogP contribution in [0.25, 0.3) is 0 Å². The maximum Gasteiger partial charge on any atom is 0.259 e. The molecule has 10 heteroatoms. The van der Waals surface area contributed by atoms with Crippen LogP contribution in [-0.2, 0) is 22.4 Å². The number of amides is 2. The largest absolute Gasteiger partial charge is 0.497 e. The maximum atomic E-state index is 13.3. The summed E-state index contributed by atoms with van der Waals surface area (Å²) in [4.78, 5) is 29.4. The van der Waals surface area contributed by atoms with E-state index in [0.717, 1.165) is 64.2 Å². The van der Waals surface area contributed by atoms with Gasteiger partial charge in [-0.25, -0.2) is 0 Å². The Kier molecular flexibility index (Phi) is 8.39. The number of aryl methyl sites for hydroxylation is 1. The van der Waals surface area contributed by atoms with E-state index in [-0.39, 0.29) is 18.4 Å². The third kappa shape index (κ3) is 5.87. The van der Waals surface area contributed by atoms with E-state index in [1.807, 2.05) is 0 Å². The highest BCUT2D eigenvalue weighted by atomic mass is 32.1. The summed E-state index contributed by atoms with van der Waals surface area (Å²) < 4.78 is 16.0. The van der Waals surface area contributed by atoms with Crippen LogP contribution in [-0.4, -0.2) is 76.9 Å². The van der Waals surface area contributed by atoms with Gasteiger partial charge in [0.1, 0.15) is 16.5 Å². The van der Waals surface area contributed by atoms with E-state index >= 15 is 0 Å². The number of nitrogens with zero attached hydrogens (tertiary/aromatic N) is 1. The van der Waals surface area contributed by atoms with Crippen molar-refractivity contribution in [1.29, 1.82) is 0 Å². The number of methoxy groups -OCH3 is 2. The molecule has 2 aromatic rings.